The molecule has 0 radical (unpaired) electrons. The highest BCUT2D eigenvalue weighted by Gasteiger charge is 2.18. The van der Waals surface area contributed by atoms with Gasteiger partial charge >= 0.3 is 0 Å². The molecule has 0 bridgehead atoms. The average Bonchev–Trinajstić information content (AvgIpc) is 3.35. The van der Waals surface area contributed by atoms with Gasteiger partial charge < -0.3 is 15.2 Å². The minimum atomic E-state index is 0. The van der Waals surface area contributed by atoms with Crippen LogP contribution in [0.15, 0.2) is 28.1 Å². The fourth-order valence-corrected chi connectivity index (χ4v) is 3.74. The highest BCUT2D eigenvalue weighted by Crippen LogP contribution is 2.22. The van der Waals surface area contributed by atoms with Crippen molar-refractivity contribution in [1.82, 2.24) is 30.3 Å². The molecule has 1 atom stereocenters. The van der Waals surface area contributed by atoms with Crippen LogP contribution in [0.25, 0.3) is 0 Å². The molecule has 7 nitrogen and oxygen atoms in total. The summed E-state index contributed by atoms with van der Waals surface area (Å²) in [5, 5.41) is 19.3. The molecule has 0 amide bonds. The van der Waals surface area contributed by atoms with E-state index in [1.165, 1.54) is 5.56 Å². The lowest BCUT2D eigenvalue weighted by molar-refractivity contribution is 0.219. The van der Waals surface area contributed by atoms with Gasteiger partial charge in [0.15, 0.2) is 5.96 Å². The van der Waals surface area contributed by atoms with Gasteiger partial charge in [0.05, 0.1) is 6.04 Å². The maximum Gasteiger partial charge on any atom is 0.191 e. The van der Waals surface area contributed by atoms with Crippen LogP contribution >= 0.6 is 35.3 Å². The summed E-state index contributed by atoms with van der Waals surface area (Å²) >= 11 is 1.75. The number of aryl methyl sites for hydroxylation is 1. The van der Waals surface area contributed by atoms with Crippen LogP contribution in [-0.4, -0.2) is 58.9 Å². The minimum Gasteiger partial charge on any atom is -0.355 e. The van der Waals surface area contributed by atoms with Gasteiger partial charge in [-0.25, -0.2) is 0 Å². The molecule has 0 saturated carbocycles. The standard InChI is InChI=1S/C18H31N7S.HI/c1-5-17-23-22-14-25(17)10-9-20-18(19-4)21-12-16(24(6-2)7-3)15-8-11-26-13-15;/h8,11,13-14,16H,5-7,9-10,12H2,1-4H3,(H2,19,20,21);1H. The quantitative estimate of drug-likeness (QED) is 0.295. The van der Waals surface area contributed by atoms with Crippen LogP contribution in [0.3, 0.4) is 0 Å². The molecule has 152 valence electrons. The molecular weight excluding hydrogens is 473 g/mol. The molecule has 2 heterocycles. The van der Waals surface area contributed by atoms with Crippen molar-refractivity contribution in [2.24, 2.45) is 4.99 Å². The Morgan fingerprint density at radius 2 is 2.07 bits per heavy atom. The zero-order chi connectivity index (χ0) is 18.8. The number of guanidine groups is 1. The van der Waals surface area contributed by atoms with Crippen molar-refractivity contribution < 1.29 is 0 Å². The van der Waals surface area contributed by atoms with Crippen molar-refractivity contribution in [3.05, 3.63) is 34.5 Å². The third kappa shape index (κ3) is 7.04. The molecule has 2 rings (SSSR count). The van der Waals surface area contributed by atoms with Crippen LogP contribution in [0, 0.1) is 0 Å². The van der Waals surface area contributed by atoms with Gasteiger partial charge in [-0.1, -0.05) is 20.8 Å². The van der Waals surface area contributed by atoms with E-state index in [0.29, 0.717) is 6.04 Å². The van der Waals surface area contributed by atoms with E-state index >= 15 is 0 Å². The predicted molar refractivity (Wildman–Crippen MR) is 124 cm³/mol. The number of hydrogen-bond acceptors (Lipinski definition) is 5. The van der Waals surface area contributed by atoms with Gasteiger partial charge in [0, 0.05) is 33.1 Å². The first-order chi connectivity index (χ1) is 12.7. The summed E-state index contributed by atoms with van der Waals surface area (Å²) in [6.07, 6.45) is 2.67. The van der Waals surface area contributed by atoms with Gasteiger partial charge in [-0.15, -0.1) is 34.2 Å². The van der Waals surface area contributed by atoms with Gasteiger partial charge in [0.25, 0.3) is 0 Å². The molecule has 1 unspecified atom stereocenters. The second kappa shape index (κ2) is 13.1. The van der Waals surface area contributed by atoms with Gasteiger partial charge in [-0.2, -0.15) is 11.3 Å². The van der Waals surface area contributed by atoms with Crippen molar-refractivity contribution in [2.75, 3.05) is 33.2 Å². The summed E-state index contributed by atoms with van der Waals surface area (Å²) in [7, 11) is 1.81. The van der Waals surface area contributed by atoms with Crippen LogP contribution < -0.4 is 10.6 Å². The Bertz CT molecular complexity index is 652. The van der Waals surface area contributed by atoms with Gasteiger partial charge in [0.1, 0.15) is 12.2 Å². The molecule has 0 saturated heterocycles. The van der Waals surface area contributed by atoms with E-state index in [4.69, 9.17) is 0 Å². The first kappa shape index (κ1) is 23.8. The minimum absolute atomic E-state index is 0. The molecule has 0 spiro atoms. The molecule has 0 aliphatic carbocycles. The van der Waals surface area contributed by atoms with E-state index in [9.17, 15) is 0 Å². The maximum atomic E-state index is 4.35. The number of halogens is 1. The van der Waals surface area contributed by atoms with E-state index < -0.39 is 0 Å². The number of hydrogen-bond donors (Lipinski definition) is 2. The monoisotopic (exact) mass is 505 g/mol. The fourth-order valence-electron chi connectivity index (χ4n) is 3.03. The van der Waals surface area contributed by atoms with E-state index in [1.807, 2.05) is 7.05 Å². The second-order valence-corrected chi connectivity index (χ2v) is 6.75. The second-order valence-electron chi connectivity index (χ2n) is 5.97. The van der Waals surface area contributed by atoms with E-state index in [2.05, 4.69) is 72.9 Å². The summed E-state index contributed by atoms with van der Waals surface area (Å²) in [4.78, 5) is 6.82. The molecular formula is C18H32IN7S. The Kier molecular flexibility index (Phi) is 11.5. The third-order valence-electron chi connectivity index (χ3n) is 4.52. The molecule has 2 aromatic rings. The average molecular weight is 505 g/mol. The first-order valence-electron chi connectivity index (χ1n) is 9.30. The molecule has 0 aliphatic heterocycles. The SMILES string of the molecule is CCc1nncn1CCNC(=NC)NCC(c1ccsc1)N(CC)CC.I. The molecule has 2 aromatic heterocycles. The Morgan fingerprint density at radius 3 is 2.67 bits per heavy atom. The van der Waals surface area contributed by atoms with E-state index in [0.717, 1.165) is 50.9 Å². The number of rotatable bonds is 10. The first-order valence-corrected chi connectivity index (χ1v) is 10.2. The number of aromatic nitrogens is 3. The summed E-state index contributed by atoms with van der Waals surface area (Å²) in [5.41, 5.74) is 1.36. The molecule has 0 fully saturated rings. The van der Waals surface area contributed by atoms with Crippen LogP contribution in [0.4, 0.5) is 0 Å². The topological polar surface area (TPSA) is 70.4 Å². The molecule has 9 heteroatoms. The lowest BCUT2D eigenvalue weighted by atomic mass is 10.1. The van der Waals surface area contributed by atoms with E-state index in [1.54, 1.807) is 17.7 Å². The van der Waals surface area contributed by atoms with Crippen molar-refractivity contribution in [2.45, 2.75) is 39.8 Å². The van der Waals surface area contributed by atoms with Crippen molar-refractivity contribution in [1.29, 1.82) is 0 Å². The molecule has 0 aromatic carbocycles. The Balaban J connectivity index is 0.00000364. The van der Waals surface area contributed by atoms with Crippen molar-refractivity contribution >= 4 is 41.3 Å². The smallest absolute Gasteiger partial charge is 0.191 e. The van der Waals surface area contributed by atoms with Crippen LogP contribution in [-0.2, 0) is 13.0 Å². The number of nitrogens with one attached hydrogen (secondary N) is 2. The lowest BCUT2D eigenvalue weighted by Gasteiger charge is -2.30. The number of nitrogens with zero attached hydrogens (tertiary/aromatic N) is 5. The molecule has 2 N–H and O–H groups in total. The Morgan fingerprint density at radius 1 is 1.30 bits per heavy atom. The summed E-state index contributed by atoms with van der Waals surface area (Å²) in [6, 6.07) is 2.56. The number of likely N-dealkylation sites (N-methyl/N-ethyl adjacent to an activating group) is 1. The molecule has 0 aliphatic rings. The highest BCUT2D eigenvalue weighted by atomic mass is 127. The zero-order valence-corrected chi connectivity index (χ0v) is 19.8. The number of thiophene rings is 1. The van der Waals surface area contributed by atoms with Gasteiger partial charge in [0.2, 0.25) is 0 Å². The van der Waals surface area contributed by atoms with Crippen LogP contribution in [0.2, 0.25) is 0 Å². The van der Waals surface area contributed by atoms with Crippen molar-refractivity contribution in [3.63, 3.8) is 0 Å². The van der Waals surface area contributed by atoms with Crippen LogP contribution in [0.1, 0.15) is 38.2 Å². The third-order valence-corrected chi connectivity index (χ3v) is 5.23. The normalized spacial score (nSPS) is 12.7. The largest absolute Gasteiger partial charge is 0.355 e. The maximum absolute atomic E-state index is 4.35. The number of aliphatic imine (C=N–C) groups is 1. The summed E-state index contributed by atoms with van der Waals surface area (Å²) in [5.74, 6) is 1.83. The zero-order valence-electron chi connectivity index (χ0n) is 16.7. The summed E-state index contributed by atoms with van der Waals surface area (Å²) in [6.45, 7) is 11.0. The summed E-state index contributed by atoms with van der Waals surface area (Å²) < 4.78 is 2.07. The van der Waals surface area contributed by atoms with E-state index in [-0.39, 0.29) is 24.0 Å². The highest BCUT2D eigenvalue weighted by molar-refractivity contribution is 14.0. The Hall–Kier alpha value is -1.20. The van der Waals surface area contributed by atoms with Crippen molar-refractivity contribution in [3.8, 4) is 0 Å². The van der Waals surface area contributed by atoms with Gasteiger partial charge in [-0.05, 0) is 35.5 Å². The van der Waals surface area contributed by atoms with Crippen LogP contribution in [0.5, 0.6) is 0 Å². The molecule has 27 heavy (non-hydrogen) atoms. The fraction of sp³-hybridized carbons (Fsp3) is 0.611. The van der Waals surface area contributed by atoms with Gasteiger partial charge in [-0.3, -0.25) is 9.89 Å². The lowest BCUT2D eigenvalue weighted by Crippen LogP contribution is -2.43. The predicted octanol–water partition coefficient (Wildman–Crippen LogP) is 2.77. The Labute approximate surface area is 183 Å².